The van der Waals surface area contributed by atoms with Crippen molar-refractivity contribution in [3.05, 3.63) is 0 Å². The van der Waals surface area contributed by atoms with Crippen LogP contribution in [0.25, 0.3) is 0 Å². The maximum Gasteiger partial charge on any atom is 0.326 e. The first-order valence-electron chi connectivity index (χ1n) is 6.53. The van der Waals surface area contributed by atoms with Crippen LogP contribution in [-0.4, -0.2) is 49.2 Å². The summed E-state index contributed by atoms with van der Waals surface area (Å²) in [5.41, 5.74) is -0.590. The number of likely N-dealkylation sites (N-methyl/N-ethyl adjacent to an activating group) is 1. The summed E-state index contributed by atoms with van der Waals surface area (Å²) in [5, 5.41) is 3.25. The summed E-state index contributed by atoms with van der Waals surface area (Å²) in [6, 6.07) is 0.341. The lowest BCUT2D eigenvalue weighted by Crippen LogP contribution is -2.53. The molecule has 2 unspecified atom stereocenters. The smallest absolute Gasteiger partial charge is 0.326 e. The van der Waals surface area contributed by atoms with Gasteiger partial charge in [-0.1, -0.05) is 13.8 Å². The van der Waals surface area contributed by atoms with Crippen LogP contribution in [0.2, 0.25) is 0 Å². The minimum Gasteiger partial charge on any atom is -0.465 e. The van der Waals surface area contributed by atoms with Gasteiger partial charge in [0.2, 0.25) is 0 Å². The molecule has 0 heterocycles. The molecule has 0 aliphatic carbocycles. The van der Waals surface area contributed by atoms with Gasteiger partial charge in [0, 0.05) is 6.04 Å². The van der Waals surface area contributed by atoms with E-state index in [9.17, 15) is 4.79 Å². The van der Waals surface area contributed by atoms with Crippen LogP contribution in [0.5, 0.6) is 0 Å². The van der Waals surface area contributed by atoms with Gasteiger partial charge >= 0.3 is 5.97 Å². The number of esters is 1. The average molecular weight is 244 g/mol. The van der Waals surface area contributed by atoms with E-state index >= 15 is 0 Å². The van der Waals surface area contributed by atoms with Crippen LogP contribution in [0.3, 0.4) is 0 Å². The normalized spacial score (nSPS) is 16.6. The largest absolute Gasteiger partial charge is 0.465 e. The van der Waals surface area contributed by atoms with Gasteiger partial charge < -0.3 is 15.0 Å². The second-order valence-corrected chi connectivity index (χ2v) is 4.71. The Bertz CT molecular complexity index is 233. The lowest BCUT2D eigenvalue weighted by Gasteiger charge is -2.34. The number of hydrogen-bond acceptors (Lipinski definition) is 4. The van der Waals surface area contributed by atoms with Crippen molar-refractivity contribution in [2.24, 2.45) is 0 Å². The molecule has 0 aliphatic heterocycles. The first-order valence-corrected chi connectivity index (χ1v) is 6.53. The van der Waals surface area contributed by atoms with E-state index in [1.807, 2.05) is 20.8 Å². The molecule has 0 rings (SSSR count). The van der Waals surface area contributed by atoms with Crippen molar-refractivity contribution in [2.45, 2.75) is 52.6 Å². The minimum absolute atomic E-state index is 0.154. The molecule has 4 nitrogen and oxygen atoms in total. The Morgan fingerprint density at radius 3 is 2.41 bits per heavy atom. The fourth-order valence-electron chi connectivity index (χ4n) is 1.97. The van der Waals surface area contributed by atoms with Crippen LogP contribution in [-0.2, 0) is 9.53 Å². The fraction of sp³-hybridized carbons (Fsp3) is 0.923. The van der Waals surface area contributed by atoms with Crippen molar-refractivity contribution in [3.63, 3.8) is 0 Å². The number of nitrogens with zero attached hydrogens (tertiary/aromatic N) is 1. The molecule has 0 spiro atoms. The van der Waals surface area contributed by atoms with Crippen molar-refractivity contribution in [1.29, 1.82) is 0 Å². The summed E-state index contributed by atoms with van der Waals surface area (Å²) in [6.45, 7) is 12.2. The van der Waals surface area contributed by atoms with Gasteiger partial charge in [0.1, 0.15) is 5.54 Å². The Hall–Kier alpha value is -0.610. The van der Waals surface area contributed by atoms with Crippen molar-refractivity contribution < 1.29 is 9.53 Å². The van der Waals surface area contributed by atoms with Crippen LogP contribution in [0.1, 0.15) is 41.0 Å². The highest BCUT2D eigenvalue weighted by Crippen LogP contribution is 2.17. The SMILES string of the molecule is CCNC(C)(CC(C)N(C)CC)C(=O)OCC. The molecule has 0 aliphatic rings. The van der Waals surface area contributed by atoms with Gasteiger partial charge in [0.05, 0.1) is 6.61 Å². The van der Waals surface area contributed by atoms with Gasteiger partial charge in [-0.15, -0.1) is 0 Å². The van der Waals surface area contributed by atoms with Gasteiger partial charge in [-0.25, -0.2) is 0 Å². The van der Waals surface area contributed by atoms with Crippen molar-refractivity contribution >= 4 is 5.97 Å². The molecule has 0 saturated heterocycles. The Morgan fingerprint density at radius 2 is 2.00 bits per heavy atom. The number of ether oxygens (including phenoxy) is 1. The third-order valence-electron chi connectivity index (χ3n) is 3.25. The molecule has 17 heavy (non-hydrogen) atoms. The van der Waals surface area contributed by atoms with E-state index in [2.05, 4.69) is 31.1 Å². The van der Waals surface area contributed by atoms with Crippen molar-refractivity contribution in [3.8, 4) is 0 Å². The molecule has 0 fully saturated rings. The highest BCUT2D eigenvalue weighted by atomic mass is 16.5. The zero-order chi connectivity index (χ0) is 13.5. The third-order valence-corrected chi connectivity index (χ3v) is 3.25. The summed E-state index contributed by atoms with van der Waals surface area (Å²) >= 11 is 0. The lowest BCUT2D eigenvalue weighted by atomic mass is 9.93. The Kier molecular flexibility index (Phi) is 7.39. The van der Waals surface area contributed by atoms with E-state index in [0.717, 1.165) is 19.5 Å². The monoisotopic (exact) mass is 244 g/mol. The standard InChI is InChI=1S/C13H28N2O2/c1-7-14-13(5,12(16)17-9-3)10-11(4)15(6)8-2/h11,14H,7-10H2,1-6H3. The molecule has 102 valence electrons. The number of nitrogens with one attached hydrogen (secondary N) is 1. The molecule has 0 aromatic rings. The molecule has 0 amide bonds. The van der Waals surface area contributed by atoms with E-state index in [-0.39, 0.29) is 5.97 Å². The van der Waals surface area contributed by atoms with Gasteiger partial charge in [-0.2, -0.15) is 0 Å². The maximum atomic E-state index is 12.0. The second-order valence-electron chi connectivity index (χ2n) is 4.71. The molecular formula is C13H28N2O2. The zero-order valence-corrected chi connectivity index (χ0v) is 12.2. The molecule has 0 bridgehead atoms. The van der Waals surface area contributed by atoms with Crippen molar-refractivity contribution in [1.82, 2.24) is 10.2 Å². The summed E-state index contributed by atoms with van der Waals surface area (Å²) < 4.78 is 5.15. The van der Waals surface area contributed by atoms with Gasteiger partial charge in [0.25, 0.3) is 0 Å². The molecular weight excluding hydrogens is 216 g/mol. The summed E-state index contributed by atoms with van der Waals surface area (Å²) in [5.74, 6) is -0.154. The molecule has 2 atom stereocenters. The van der Waals surface area contributed by atoms with E-state index in [1.165, 1.54) is 0 Å². The topological polar surface area (TPSA) is 41.6 Å². The highest BCUT2D eigenvalue weighted by Gasteiger charge is 2.35. The lowest BCUT2D eigenvalue weighted by molar-refractivity contribution is -0.151. The van der Waals surface area contributed by atoms with E-state index in [0.29, 0.717) is 12.6 Å². The summed E-state index contributed by atoms with van der Waals surface area (Å²) in [4.78, 5) is 14.2. The number of hydrogen-bond donors (Lipinski definition) is 1. The molecule has 4 heteroatoms. The minimum atomic E-state index is -0.590. The summed E-state index contributed by atoms with van der Waals surface area (Å²) in [7, 11) is 2.07. The van der Waals surface area contributed by atoms with Crippen LogP contribution in [0.4, 0.5) is 0 Å². The summed E-state index contributed by atoms with van der Waals surface area (Å²) in [6.07, 6.45) is 0.754. The number of carbonyl (C=O) groups is 1. The van der Waals surface area contributed by atoms with Crippen LogP contribution < -0.4 is 5.32 Å². The molecule has 1 N–H and O–H groups in total. The van der Waals surface area contributed by atoms with Crippen LogP contribution in [0.15, 0.2) is 0 Å². The predicted molar refractivity (Wildman–Crippen MR) is 71.1 cm³/mol. The maximum absolute atomic E-state index is 12.0. The van der Waals surface area contributed by atoms with Crippen molar-refractivity contribution in [2.75, 3.05) is 26.7 Å². The first kappa shape index (κ1) is 16.4. The van der Waals surface area contributed by atoms with Gasteiger partial charge in [-0.05, 0) is 47.3 Å². The van der Waals surface area contributed by atoms with E-state index in [4.69, 9.17) is 4.74 Å². The molecule has 0 aromatic heterocycles. The zero-order valence-electron chi connectivity index (χ0n) is 12.2. The van der Waals surface area contributed by atoms with E-state index < -0.39 is 5.54 Å². The molecule has 0 radical (unpaired) electrons. The number of rotatable bonds is 8. The Balaban J connectivity index is 4.65. The Morgan fingerprint density at radius 1 is 1.41 bits per heavy atom. The quantitative estimate of drug-likeness (QED) is 0.659. The first-order chi connectivity index (χ1) is 7.91. The Labute approximate surface area is 106 Å². The van der Waals surface area contributed by atoms with Gasteiger partial charge in [-0.3, -0.25) is 4.79 Å². The van der Waals surface area contributed by atoms with Crippen LogP contribution in [0, 0.1) is 0 Å². The second kappa shape index (κ2) is 7.67. The number of carbonyl (C=O) groups excluding carboxylic acids is 1. The highest BCUT2D eigenvalue weighted by molar-refractivity contribution is 5.80. The van der Waals surface area contributed by atoms with E-state index in [1.54, 1.807) is 0 Å². The fourth-order valence-corrected chi connectivity index (χ4v) is 1.97. The molecule has 0 aromatic carbocycles. The molecule has 0 saturated carbocycles. The van der Waals surface area contributed by atoms with Gasteiger partial charge in [0.15, 0.2) is 0 Å². The predicted octanol–water partition coefficient (Wildman–Crippen LogP) is 1.65. The third kappa shape index (κ3) is 5.04. The average Bonchev–Trinajstić information content (AvgIpc) is 2.28. The van der Waals surface area contributed by atoms with Crippen LogP contribution >= 0.6 is 0 Å².